The van der Waals surface area contributed by atoms with Crippen LogP contribution in [0.4, 0.5) is 0 Å². The van der Waals surface area contributed by atoms with Gasteiger partial charge < -0.3 is 24.7 Å². The number of nitrogens with two attached hydrogens (primary N) is 1. The third kappa shape index (κ3) is 8.93. The Morgan fingerprint density at radius 2 is 1.31 bits per heavy atom. The van der Waals surface area contributed by atoms with Gasteiger partial charge in [0.25, 0.3) is 0 Å². The van der Waals surface area contributed by atoms with Crippen molar-refractivity contribution in [1.29, 1.82) is 0 Å². The van der Waals surface area contributed by atoms with Crippen LogP contribution in [0.1, 0.15) is 80.7 Å². The van der Waals surface area contributed by atoms with Gasteiger partial charge in [-0.05, 0) is 78.5 Å². The molecule has 1 unspecified atom stereocenters. The predicted octanol–water partition coefficient (Wildman–Crippen LogP) is 4.12. The molecule has 1 aromatic rings. The first-order chi connectivity index (χ1) is 16.5. The number of hydrogen-bond donors (Lipinski definition) is 1. The van der Waals surface area contributed by atoms with Crippen molar-refractivity contribution in [2.45, 2.75) is 99.8 Å². The molecule has 0 fully saturated rings. The zero-order chi connectivity index (χ0) is 27.8. The van der Waals surface area contributed by atoms with Gasteiger partial charge in [0.05, 0.1) is 10.8 Å². The van der Waals surface area contributed by atoms with Crippen molar-refractivity contribution in [3.63, 3.8) is 0 Å². The Balaban J connectivity index is 3.13. The van der Waals surface area contributed by atoms with Gasteiger partial charge in [-0.3, -0.25) is 19.2 Å². The third-order valence-electron chi connectivity index (χ3n) is 6.36. The minimum Gasteiger partial charge on any atom is -0.459 e. The number of rotatable bonds is 12. The molecule has 2 N–H and O–H groups in total. The van der Waals surface area contributed by atoms with E-state index in [0.717, 1.165) is 0 Å². The highest BCUT2D eigenvalue weighted by molar-refractivity contribution is 5.81. The average molecular weight is 508 g/mol. The maximum Gasteiger partial charge on any atom is 0.323 e. The molecule has 0 aromatic heterocycles. The van der Waals surface area contributed by atoms with E-state index in [0.29, 0.717) is 18.4 Å². The van der Waals surface area contributed by atoms with Crippen molar-refractivity contribution in [3.8, 4) is 11.5 Å². The smallest absolute Gasteiger partial charge is 0.323 e. The van der Waals surface area contributed by atoms with Gasteiger partial charge in [0, 0.05) is 6.92 Å². The van der Waals surface area contributed by atoms with Crippen LogP contribution in [0, 0.1) is 10.8 Å². The Morgan fingerprint density at radius 1 is 0.833 bits per heavy atom. The molecule has 0 aliphatic heterocycles. The maximum atomic E-state index is 12.8. The molecular formula is C27H41NO8. The van der Waals surface area contributed by atoms with Gasteiger partial charge in [0.15, 0.2) is 11.5 Å². The summed E-state index contributed by atoms with van der Waals surface area (Å²) in [5.41, 5.74) is 5.15. The van der Waals surface area contributed by atoms with E-state index < -0.39 is 53.0 Å². The van der Waals surface area contributed by atoms with E-state index in [-0.39, 0.29) is 17.9 Å². The Kier molecular flexibility index (Phi) is 11.1. The summed E-state index contributed by atoms with van der Waals surface area (Å²) in [4.78, 5) is 49.0. The second-order valence-electron chi connectivity index (χ2n) is 10.3. The van der Waals surface area contributed by atoms with Crippen molar-refractivity contribution in [2.75, 3.05) is 0 Å². The maximum absolute atomic E-state index is 12.8. The monoisotopic (exact) mass is 507 g/mol. The summed E-state index contributed by atoms with van der Waals surface area (Å²) in [5, 5.41) is 0. The normalized spacial score (nSPS) is 14.3. The second kappa shape index (κ2) is 12.9. The van der Waals surface area contributed by atoms with Crippen LogP contribution in [0.2, 0.25) is 0 Å². The van der Waals surface area contributed by atoms with E-state index in [1.165, 1.54) is 19.1 Å². The molecule has 0 heterocycles. The lowest BCUT2D eigenvalue weighted by atomic mass is 9.90. The molecule has 36 heavy (non-hydrogen) atoms. The molecule has 9 heteroatoms. The first kappa shape index (κ1) is 31.1. The molecule has 0 spiro atoms. The predicted molar refractivity (Wildman–Crippen MR) is 134 cm³/mol. The number of carbonyl (C=O) groups excluding carboxylic acids is 4. The van der Waals surface area contributed by atoms with Crippen molar-refractivity contribution in [2.24, 2.45) is 16.6 Å². The van der Waals surface area contributed by atoms with Crippen molar-refractivity contribution >= 4 is 23.9 Å². The highest BCUT2D eigenvalue weighted by atomic mass is 16.6. The van der Waals surface area contributed by atoms with Crippen LogP contribution in [0.25, 0.3) is 0 Å². The van der Waals surface area contributed by atoms with E-state index >= 15 is 0 Å². The molecule has 1 aromatic carbocycles. The summed E-state index contributed by atoms with van der Waals surface area (Å²) in [7, 11) is 0. The molecule has 9 nitrogen and oxygen atoms in total. The Bertz CT molecular complexity index is 953. The van der Waals surface area contributed by atoms with E-state index in [1.54, 1.807) is 47.6 Å². The molecule has 0 saturated heterocycles. The molecule has 0 bridgehead atoms. The van der Waals surface area contributed by atoms with E-state index in [2.05, 4.69) is 0 Å². The molecule has 0 amide bonds. The summed E-state index contributed by atoms with van der Waals surface area (Å²) in [6.45, 7) is 15.3. The standard InChI is InChI=1S/C27H41NO8/c1-10-26(6,7)24(31)35-21-13-12-19(15-22(21)36-25(32)27(8,9)11-2)14-20(28)23(30)34-17(4)16(3)33-18(5)29/h12-13,15-17,20H,10-11,14,28H2,1-9H3/t16?,17-,20-/m0/s1. The van der Waals surface area contributed by atoms with Crippen LogP contribution in [0.15, 0.2) is 18.2 Å². The molecule has 1 rings (SSSR count). The van der Waals surface area contributed by atoms with E-state index in [4.69, 9.17) is 24.7 Å². The lowest BCUT2D eigenvalue weighted by Gasteiger charge is -2.24. The fraction of sp³-hybridized carbons (Fsp3) is 0.630. The van der Waals surface area contributed by atoms with Crippen LogP contribution in [0.3, 0.4) is 0 Å². The van der Waals surface area contributed by atoms with Crippen LogP contribution < -0.4 is 15.2 Å². The average Bonchev–Trinajstić information content (AvgIpc) is 2.79. The topological polar surface area (TPSA) is 131 Å². The van der Waals surface area contributed by atoms with Gasteiger partial charge in [-0.1, -0.05) is 19.9 Å². The number of carbonyl (C=O) groups is 4. The summed E-state index contributed by atoms with van der Waals surface area (Å²) in [5.74, 6) is -1.92. The Morgan fingerprint density at radius 3 is 1.78 bits per heavy atom. The summed E-state index contributed by atoms with van der Waals surface area (Å²) in [6.07, 6.45) is -0.140. The SMILES string of the molecule is CCC(C)(C)C(=O)Oc1ccc(C[C@H](N)C(=O)O[C@@H](C)C(C)OC(C)=O)cc1OC(=O)C(C)(C)CC. The second-order valence-corrected chi connectivity index (χ2v) is 10.3. The molecule has 202 valence electrons. The highest BCUT2D eigenvalue weighted by Gasteiger charge is 2.32. The zero-order valence-corrected chi connectivity index (χ0v) is 22.9. The minimum atomic E-state index is -1.03. The quantitative estimate of drug-likeness (QED) is 0.328. The summed E-state index contributed by atoms with van der Waals surface area (Å²) >= 11 is 0. The van der Waals surface area contributed by atoms with E-state index in [9.17, 15) is 19.2 Å². The Hall–Kier alpha value is -2.94. The minimum absolute atomic E-state index is 0.0664. The van der Waals surface area contributed by atoms with Crippen LogP contribution in [-0.2, 0) is 35.1 Å². The van der Waals surface area contributed by atoms with Gasteiger partial charge in [0.1, 0.15) is 18.2 Å². The fourth-order valence-corrected chi connectivity index (χ4v) is 2.67. The van der Waals surface area contributed by atoms with Gasteiger partial charge in [-0.25, -0.2) is 0 Å². The molecule has 0 aliphatic rings. The Labute approximate surface area is 214 Å². The van der Waals surface area contributed by atoms with Crippen LogP contribution in [0.5, 0.6) is 11.5 Å². The lowest BCUT2D eigenvalue weighted by Crippen LogP contribution is -2.39. The van der Waals surface area contributed by atoms with Gasteiger partial charge in [-0.15, -0.1) is 0 Å². The first-order valence-corrected chi connectivity index (χ1v) is 12.2. The largest absolute Gasteiger partial charge is 0.459 e. The fourth-order valence-electron chi connectivity index (χ4n) is 2.67. The number of hydrogen-bond acceptors (Lipinski definition) is 9. The molecule has 0 aliphatic carbocycles. The summed E-state index contributed by atoms with van der Waals surface area (Å²) < 4.78 is 21.6. The van der Waals surface area contributed by atoms with Gasteiger partial charge in [0.2, 0.25) is 0 Å². The van der Waals surface area contributed by atoms with Gasteiger partial charge >= 0.3 is 23.9 Å². The summed E-state index contributed by atoms with van der Waals surface area (Å²) in [6, 6.07) is 3.66. The van der Waals surface area contributed by atoms with Crippen LogP contribution in [-0.4, -0.2) is 42.1 Å². The lowest BCUT2D eigenvalue weighted by molar-refractivity contribution is -0.164. The highest BCUT2D eigenvalue weighted by Crippen LogP contribution is 2.34. The third-order valence-corrected chi connectivity index (χ3v) is 6.36. The van der Waals surface area contributed by atoms with Crippen molar-refractivity contribution in [1.82, 2.24) is 0 Å². The number of ether oxygens (including phenoxy) is 4. The van der Waals surface area contributed by atoms with Crippen molar-refractivity contribution in [3.05, 3.63) is 23.8 Å². The molecule has 3 atom stereocenters. The van der Waals surface area contributed by atoms with E-state index in [1.807, 2.05) is 13.8 Å². The van der Waals surface area contributed by atoms with Crippen molar-refractivity contribution < 1.29 is 38.1 Å². The number of benzene rings is 1. The molecule has 0 radical (unpaired) electrons. The molecule has 0 saturated carbocycles. The van der Waals surface area contributed by atoms with Gasteiger partial charge in [-0.2, -0.15) is 0 Å². The first-order valence-electron chi connectivity index (χ1n) is 12.2. The molecular weight excluding hydrogens is 466 g/mol. The number of esters is 4. The van der Waals surface area contributed by atoms with Crippen LogP contribution >= 0.6 is 0 Å². The zero-order valence-electron chi connectivity index (χ0n) is 22.9.